The van der Waals surface area contributed by atoms with Crippen LogP contribution < -0.4 is 14.8 Å². The zero-order chi connectivity index (χ0) is 18.7. The fourth-order valence-corrected chi connectivity index (χ4v) is 3.25. The Morgan fingerprint density at radius 1 is 1.15 bits per heavy atom. The highest BCUT2D eigenvalue weighted by molar-refractivity contribution is 8.00. The van der Waals surface area contributed by atoms with Crippen molar-refractivity contribution < 1.29 is 27.4 Å². The molecule has 0 unspecified atom stereocenters. The van der Waals surface area contributed by atoms with Crippen LogP contribution in [0.15, 0.2) is 41.3 Å². The number of halogens is 4. The van der Waals surface area contributed by atoms with E-state index in [-0.39, 0.29) is 30.0 Å². The van der Waals surface area contributed by atoms with Gasteiger partial charge >= 0.3 is 6.18 Å². The van der Waals surface area contributed by atoms with Gasteiger partial charge in [0.15, 0.2) is 11.5 Å². The lowest BCUT2D eigenvalue weighted by Gasteiger charge is -2.11. The van der Waals surface area contributed by atoms with Gasteiger partial charge < -0.3 is 14.8 Å². The highest BCUT2D eigenvalue weighted by Crippen LogP contribution is 2.37. The summed E-state index contributed by atoms with van der Waals surface area (Å²) in [5, 5.41) is 2.35. The van der Waals surface area contributed by atoms with Gasteiger partial charge in [-0.05, 0) is 35.9 Å². The van der Waals surface area contributed by atoms with Gasteiger partial charge in [-0.1, -0.05) is 17.7 Å². The van der Waals surface area contributed by atoms with E-state index in [9.17, 15) is 18.0 Å². The monoisotopic (exact) mass is 403 g/mol. The molecule has 0 bridgehead atoms. The maximum absolute atomic E-state index is 12.8. The first-order chi connectivity index (χ1) is 12.3. The van der Waals surface area contributed by atoms with Gasteiger partial charge in [-0.25, -0.2) is 0 Å². The van der Waals surface area contributed by atoms with Crippen LogP contribution in [0.5, 0.6) is 11.5 Å². The van der Waals surface area contributed by atoms with Crippen LogP contribution >= 0.6 is 23.4 Å². The quantitative estimate of drug-likeness (QED) is 0.747. The molecule has 0 saturated carbocycles. The van der Waals surface area contributed by atoms with Crippen molar-refractivity contribution in [2.75, 3.05) is 12.5 Å². The Kier molecular flexibility index (Phi) is 5.52. The van der Waals surface area contributed by atoms with Crippen LogP contribution in [0.1, 0.15) is 11.1 Å². The molecule has 9 heteroatoms. The lowest BCUT2D eigenvalue weighted by atomic mass is 10.2. The second-order valence-electron chi connectivity index (χ2n) is 5.39. The van der Waals surface area contributed by atoms with Crippen LogP contribution in [0.3, 0.4) is 0 Å². The molecule has 0 aromatic heterocycles. The van der Waals surface area contributed by atoms with Gasteiger partial charge in [-0.3, -0.25) is 4.79 Å². The molecule has 0 aliphatic carbocycles. The van der Waals surface area contributed by atoms with Gasteiger partial charge in [0.25, 0.3) is 0 Å². The lowest BCUT2D eigenvalue weighted by molar-refractivity contribution is -0.137. The highest BCUT2D eigenvalue weighted by atomic mass is 35.5. The molecule has 2 aromatic rings. The van der Waals surface area contributed by atoms with Gasteiger partial charge in [-0.15, -0.1) is 11.8 Å². The number of nitrogens with one attached hydrogen (secondary N) is 1. The van der Waals surface area contributed by atoms with E-state index in [2.05, 4.69) is 5.32 Å². The molecule has 4 nitrogen and oxygen atoms in total. The van der Waals surface area contributed by atoms with Crippen molar-refractivity contribution in [3.8, 4) is 11.5 Å². The molecule has 0 spiro atoms. The summed E-state index contributed by atoms with van der Waals surface area (Å²) >= 11 is 6.58. The zero-order valence-corrected chi connectivity index (χ0v) is 14.8. The van der Waals surface area contributed by atoms with Crippen LogP contribution in [0.2, 0.25) is 5.02 Å². The number of thioether (sulfide) groups is 1. The summed E-state index contributed by atoms with van der Waals surface area (Å²) in [7, 11) is 0. The van der Waals surface area contributed by atoms with E-state index in [1.165, 1.54) is 12.1 Å². The van der Waals surface area contributed by atoms with Gasteiger partial charge in [-0.2, -0.15) is 13.2 Å². The van der Waals surface area contributed by atoms with Crippen LogP contribution in [0, 0.1) is 0 Å². The maximum Gasteiger partial charge on any atom is 0.417 e. The van der Waals surface area contributed by atoms with E-state index in [1.54, 1.807) is 18.2 Å². The average molecular weight is 404 g/mol. The van der Waals surface area contributed by atoms with Gasteiger partial charge in [0.05, 0.1) is 16.3 Å². The van der Waals surface area contributed by atoms with Crippen molar-refractivity contribution in [1.82, 2.24) is 5.32 Å². The Balaban J connectivity index is 1.53. The zero-order valence-electron chi connectivity index (χ0n) is 13.2. The lowest BCUT2D eigenvalue weighted by Crippen LogP contribution is -2.24. The van der Waals surface area contributed by atoms with Crippen LogP contribution in [-0.4, -0.2) is 18.5 Å². The summed E-state index contributed by atoms with van der Waals surface area (Å²) in [6.07, 6.45) is -4.53. The van der Waals surface area contributed by atoms with E-state index >= 15 is 0 Å². The second-order valence-corrected chi connectivity index (χ2v) is 6.85. The molecular formula is C17H13ClF3NO3S. The van der Waals surface area contributed by atoms with E-state index in [4.69, 9.17) is 21.1 Å². The molecule has 0 atom stereocenters. The number of carbonyl (C=O) groups is 1. The van der Waals surface area contributed by atoms with Crippen LogP contribution in [0.4, 0.5) is 13.2 Å². The third-order valence-electron chi connectivity index (χ3n) is 3.54. The minimum absolute atomic E-state index is 0.0104. The number of rotatable bonds is 5. The average Bonchev–Trinajstić information content (AvgIpc) is 3.06. The van der Waals surface area contributed by atoms with Crippen molar-refractivity contribution in [2.45, 2.75) is 17.6 Å². The largest absolute Gasteiger partial charge is 0.454 e. The Bertz CT molecular complexity index is 829. The third-order valence-corrected chi connectivity index (χ3v) is 4.86. The summed E-state index contributed by atoms with van der Waals surface area (Å²) < 4.78 is 49.0. The fraction of sp³-hybridized carbons (Fsp3) is 0.235. The molecule has 1 N–H and O–H groups in total. The summed E-state index contributed by atoms with van der Waals surface area (Å²) in [5.41, 5.74) is -0.0802. The molecule has 138 valence electrons. The Morgan fingerprint density at radius 2 is 1.92 bits per heavy atom. The summed E-state index contributed by atoms with van der Waals surface area (Å²) in [5.74, 6) is 0.964. The van der Waals surface area contributed by atoms with E-state index in [1.807, 2.05) is 0 Å². The molecular weight excluding hydrogens is 391 g/mol. The SMILES string of the molecule is O=C(CSc1ccc(Cl)c(C(F)(F)F)c1)NCc1ccc2c(c1)OCO2. The molecule has 26 heavy (non-hydrogen) atoms. The first-order valence-electron chi connectivity index (χ1n) is 7.48. The fourth-order valence-electron chi connectivity index (χ4n) is 2.26. The first-order valence-corrected chi connectivity index (χ1v) is 8.84. The molecule has 1 aliphatic rings. The van der Waals surface area contributed by atoms with Crippen molar-refractivity contribution in [3.63, 3.8) is 0 Å². The molecule has 3 rings (SSSR count). The van der Waals surface area contributed by atoms with Crippen molar-refractivity contribution in [1.29, 1.82) is 0 Å². The Labute approximate surface area is 156 Å². The number of benzene rings is 2. The molecule has 1 amide bonds. The highest BCUT2D eigenvalue weighted by Gasteiger charge is 2.33. The third kappa shape index (κ3) is 4.56. The number of fused-ring (bicyclic) bond motifs is 1. The van der Waals surface area contributed by atoms with E-state index in [0.717, 1.165) is 23.4 Å². The van der Waals surface area contributed by atoms with E-state index < -0.39 is 11.7 Å². The number of ether oxygens (including phenoxy) is 2. The number of carbonyl (C=O) groups excluding carboxylic acids is 1. The molecule has 1 heterocycles. The summed E-state index contributed by atoms with van der Waals surface area (Å²) in [6.45, 7) is 0.452. The second kappa shape index (κ2) is 7.67. The number of hydrogen-bond donors (Lipinski definition) is 1. The number of alkyl halides is 3. The first kappa shape index (κ1) is 18.7. The van der Waals surface area contributed by atoms with Gasteiger partial charge in [0.1, 0.15) is 0 Å². The summed E-state index contributed by atoms with van der Waals surface area (Å²) in [4.78, 5) is 12.3. The topological polar surface area (TPSA) is 47.6 Å². The van der Waals surface area contributed by atoms with Crippen LogP contribution in [0.25, 0.3) is 0 Å². The van der Waals surface area contributed by atoms with Crippen LogP contribution in [-0.2, 0) is 17.5 Å². The Morgan fingerprint density at radius 3 is 2.69 bits per heavy atom. The standard InChI is InChI=1S/C17H13ClF3NO3S/c18-13-3-2-11(6-12(13)17(19,20)21)26-8-16(23)22-7-10-1-4-14-15(5-10)25-9-24-14/h1-6H,7-9H2,(H,22,23). The predicted molar refractivity (Wildman–Crippen MR) is 91.6 cm³/mol. The predicted octanol–water partition coefficient (Wildman–Crippen LogP) is 4.50. The summed E-state index contributed by atoms with van der Waals surface area (Å²) in [6, 6.07) is 8.90. The molecule has 0 radical (unpaired) electrons. The number of amides is 1. The van der Waals surface area contributed by atoms with Gasteiger partial charge in [0, 0.05) is 11.4 Å². The van der Waals surface area contributed by atoms with Gasteiger partial charge in [0.2, 0.25) is 12.7 Å². The maximum atomic E-state index is 12.8. The molecule has 0 fully saturated rings. The molecule has 1 aliphatic heterocycles. The molecule has 2 aromatic carbocycles. The normalized spacial score (nSPS) is 12.9. The minimum atomic E-state index is -4.53. The minimum Gasteiger partial charge on any atom is -0.454 e. The Hall–Kier alpha value is -2.06. The van der Waals surface area contributed by atoms with Crippen molar-refractivity contribution in [2.24, 2.45) is 0 Å². The van der Waals surface area contributed by atoms with Crippen molar-refractivity contribution >= 4 is 29.3 Å². The van der Waals surface area contributed by atoms with E-state index in [0.29, 0.717) is 16.4 Å². The number of hydrogen-bond acceptors (Lipinski definition) is 4. The smallest absolute Gasteiger partial charge is 0.417 e. The molecule has 0 saturated heterocycles. The van der Waals surface area contributed by atoms with Crippen molar-refractivity contribution in [3.05, 3.63) is 52.5 Å².